The Morgan fingerprint density at radius 2 is 2.07 bits per heavy atom. The number of para-hydroxylation sites is 1. The summed E-state index contributed by atoms with van der Waals surface area (Å²) in [4.78, 5) is 12.6. The summed E-state index contributed by atoms with van der Waals surface area (Å²) in [6.07, 6.45) is 0.690. The van der Waals surface area contributed by atoms with E-state index < -0.39 is 21.6 Å². The first-order chi connectivity index (χ1) is 12.9. The highest BCUT2D eigenvalue weighted by Gasteiger charge is 2.26. The zero-order valence-corrected chi connectivity index (χ0v) is 15.6. The third kappa shape index (κ3) is 4.45. The molecular weight excluding hydrogens is 373 g/mol. The number of hydrogen-bond acceptors (Lipinski definition) is 5. The predicted molar refractivity (Wildman–Crippen MR) is 98.3 cm³/mol. The first-order valence-corrected chi connectivity index (χ1v) is 10.1. The molecule has 1 atom stereocenters. The highest BCUT2D eigenvalue weighted by Crippen LogP contribution is 2.27. The quantitative estimate of drug-likeness (QED) is 0.816. The Bertz CT molecular complexity index is 939. The van der Waals surface area contributed by atoms with Crippen LogP contribution in [0.2, 0.25) is 0 Å². The number of methoxy groups -OCH3 is 1. The molecule has 8 heteroatoms. The van der Waals surface area contributed by atoms with Gasteiger partial charge in [-0.1, -0.05) is 12.1 Å². The minimum Gasteiger partial charge on any atom is -0.496 e. The molecule has 2 aromatic rings. The molecular formula is C19H20FNO5S. The van der Waals surface area contributed by atoms with Gasteiger partial charge in [0.2, 0.25) is 0 Å². The Morgan fingerprint density at radius 3 is 2.74 bits per heavy atom. The number of sulfone groups is 1. The lowest BCUT2D eigenvalue weighted by atomic mass is 10.1. The van der Waals surface area contributed by atoms with E-state index in [0.29, 0.717) is 19.6 Å². The second kappa shape index (κ2) is 8.06. The summed E-state index contributed by atoms with van der Waals surface area (Å²) in [7, 11) is -2.22. The molecule has 1 N–H and O–H groups in total. The number of rotatable bonds is 6. The Kier molecular flexibility index (Phi) is 5.76. The van der Waals surface area contributed by atoms with Crippen LogP contribution in [0.4, 0.5) is 10.1 Å². The first-order valence-electron chi connectivity index (χ1n) is 8.45. The Balaban J connectivity index is 1.89. The summed E-state index contributed by atoms with van der Waals surface area (Å²) in [5.74, 6) is -1.15. The lowest BCUT2D eigenvalue weighted by Crippen LogP contribution is -2.18. The van der Waals surface area contributed by atoms with Crippen LogP contribution in [0.1, 0.15) is 16.8 Å². The van der Waals surface area contributed by atoms with Crippen LogP contribution in [0.25, 0.3) is 0 Å². The number of carbonyl (C=O) groups excluding carboxylic acids is 1. The average molecular weight is 393 g/mol. The number of hydrogen-bond donors (Lipinski definition) is 1. The van der Waals surface area contributed by atoms with E-state index in [1.165, 1.54) is 43.5 Å². The second-order valence-electron chi connectivity index (χ2n) is 6.31. The molecule has 1 aliphatic rings. The fraction of sp³-hybridized carbons (Fsp3) is 0.316. The SMILES string of the molecule is COc1ccc(S(=O)(=O)C[C@H]2CCOC2)cc1C(=O)Nc1ccccc1F. The summed E-state index contributed by atoms with van der Waals surface area (Å²) >= 11 is 0. The van der Waals surface area contributed by atoms with Crippen molar-refractivity contribution in [2.24, 2.45) is 5.92 Å². The highest BCUT2D eigenvalue weighted by molar-refractivity contribution is 7.91. The lowest BCUT2D eigenvalue weighted by molar-refractivity contribution is 0.102. The number of carbonyl (C=O) groups is 1. The van der Waals surface area contributed by atoms with Gasteiger partial charge in [0.1, 0.15) is 11.6 Å². The van der Waals surface area contributed by atoms with Crippen molar-refractivity contribution in [1.82, 2.24) is 0 Å². The number of ether oxygens (including phenoxy) is 2. The zero-order chi connectivity index (χ0) is 19.4. The van der Waals surface area contributed by atoms with Gasteiger partial charge in [0.05, 0.1) is 35.6 Å². The molecule has 0 spiro atoms. The largest absolute Gasteiger partial charge is 0.496 e. The average Bonchev–Trinajstić information content (AvgIpc) is 3.15. The molecule has 27 heavy (non-hydrogen) atoms. The number of benzene rings is 2. The second-order valence-corrected chi connectivity index (χ2v) is 8.34. The molecule has 0 unspecified atom stereocenters. The number of anilines is 1. The molecule has 1 heterocycles. The Morgan fingerprint density at radius 1 is 1.30 bits per heavy atom. The molecule has 0 radical (unpaired) electrons. The van der Waals surface area contributed by atoms with E-state index in [9.17, 15) is 17.6 Å². The maximum Gasteiger partial charge on any atom is 0.259 e. The van der Waals surface area contributed by atoms with Crippen molar-refractivity contribution in [2.45, 2.75) is 11.3 Å². The molecule has 1 aliphatic heterocycles. The van der Waals surface area contributed by atoms with E-state index >= 15 is 0 Å². The summed E-state index contributed by atoms with van der Waals surface area (Å²) in [5.41, 5.74) is 0.0189. The van der Waals surface area contributed by atoms with Crippen LogP contribution in [-0.2, 0) is 14.6 Å². The molecule has 6 nitrogen and oxygen atoms in total. The van der Waals surface area contributed by atoms with Crippen LogP contribution in [0.15, 0.2) is 47.4 Å². The summed E-state index contributed by atoms with van der Waals surface area (Å²) in [6, 6.07) is 9.82. The minimum atomic E-state index is -3.60. The van der Waals surface area contributed by atoms with Crippen LogP contribution >= 0.6 is 0 Å². The van der Waals surface area contributed by atoms with Crippen LogP contribution < -0.4 is 10.1 Å². The minimum absolute atomic E-state index is 0.000850. The molecule has 3 rings (SSSR count). The van der Waals surface area contributed by atoms with E-state index in [-0.39, 0.29) is 33.6 Å². The van der Waals surface area contributed by atoms with Gasteiger partial charge in [0, 0.05) is 6.61 Å². The number of nitrogens with one attached hydrogen (secondary N) is 1. The van der Waals surface area contributed by atoms with Gasteiger partial charge in [-0.25, -0.2) is 12.8 Å². The van der Waals surface area contributed by atoms with E-state index in [0.717, 1.165) is 0 Å². The van der Waals surface area contributed by atoms with Crippen molar-refractivity contribution >= 4 is 21.4 Å². The van der Waals surface area contributed by atoms with Gasteiger partial charge < -0.3 is 14.8 Å². The first kappa shape index (κ1) is 19.3. The maximum absolute atomic E-state index is 13.8. The molecule has 0 saturated carbocycles. The standard InChI is InChI=1S/C19H20FNO5S/c1-25-18-7-6-14(27(23,24)12-13-8-9-26-11-13)10-15(18)19(22)21-17-5-3-2-4-16(17)20/h2-7,10,13H,8-9,11-12H2,1H3,(H,21,22)/t13-/m0/s1. The topological polar surface area (TPSA) is 81.7 Å². The molecule has 1 saturated heterocycles. The molecule has 0 bridgehead atoms. The summed E-state index contributed by atoms with van der Waals surface area (Å²) < 4.78 is 49.6. The van der Waals surface area contributed by atoms with Crippen molar-refractivity contribution < 1.29 is 27.1 Å². The van der Waals surface area contributed by atoms with Crippen LogP contribution in [0.5, 0.6) is 5.75 Å². The van der Waals surface area contributed by atoms with Gasteiger partial charge in [-0.2, -0.15) is 0 Å². The van der Waals surface area contributed by atoms with Gasteiger partial charge in [0.15, 0.2) is 9.84 Å². The van der Waals surface area contributed by atoms with Crippen molar-refractivity contribution in [2.75, 3.05) is 31.4 Å². The number of halogens is 1. The maximum atomic E-state index is 13.8. The molecule has 0 aliphatic carbocycles. The van der Waals surface area contributed by atoms with Gasteiger partial charge in [-0.3, -0.25) is 4.79 Å². The van der Waals surface area contributed by atoms with Crippen LogP contribution in [-0.4, -0.2) is 40.4 Å². The summed E-state index contributed by atoms with van der Waals surface area (Å²) in [5, 5.41) is 2.44. The smallest absolute Gasteiger partial charge is 0.259 e. The van der Waals surface area contributed by atoms with Gasteiger partial charge in [0.25, 0.3) is 5.91 Å². The van der Waals surface area contributed by atoms with Gasteiger partial charge in [-0.05, 0) is 42.7 Å². The molecule has 144 valence electrons. The fourth-order valence-corrected chi connectivity index (χ4v) is 4.58. The van der Waals surface area contributed by atoms with Crippen LogP contribution in [0.3, 0.4) is 0 Å². The van der Waals surface area contributed by atoms with Crippen molar-refractivity contribution in [3.63, 3.8) is 0 Å². The molecule has 1 fully saturated rings. The molecule has 2 aromatic carbocycles. The third-order valence-electron chi connectivity index (χ3n) is 4.38. The Hall–Kier alpha value is -2.45. The third-order valence-corrected chi connectivity index (χ3v) is 6.26. The Labute approximate surface area is 157 Å². The van der Waals surface area contributed by atoms with Crippen molar-refractivity contribution in [3.05, 3.63) is 53.8 Å². The summed E-state index contributed by atoms with van der Waals surface area (Å²) in [6.45, 7) is 0.967. The number of amides is 1. The molecule has 1 amide bonds. The van der Waals surface area contributed by atoms with Gasteiger partial charge >= 0.3 is 0 Å². The van der Waals surface area contributed by atoms with E-state index in [1.807, 2.05) is 0 Å². The van der Waals surface area contributed by atoms with E-state index in [4.69, 9.17) is 9.47 Å². The van der Waals surface area contributed by atoms with Gasteiger partial charge in [-0.15, -0.1) is 0 Å². The lowest BCUT2D eigenvalue weighted by Gasteiger charge is -2.13. The fourth-order valence-electron chi connectivity index (χ4n) is 2.93. The highest BCUT2D eigenvalue weighted by atomic mass is 32.2. The monoisotopic (exact) mass is 393 g/mol. The van der Waals surface area contributed by atoms with Crippen LogP contribution in [0, 0.1) is 11.7 Å². The predicted octanol–water partition coefficient (Wildman–Crippen LogP) is 2.90. The van der Waals surface area contributed by atoms with Crippen molar-refractivity contribution in [1.29, 1.82) is 0 Å². The van der Waals surface area contributed by atoms with E-state index in [1.54, 1.807) is 6.07 Å². The normalized spacial score (nSPS) is 16.9. The molecule has 0 aromatic heterocycles. The van der Waals surface area contributed by atoms with E-state index in [2.05, 4.69) is 5.32 Å². The zero-order valence-electron chi connectivity index (χ0n) is 14.8. The van der Waals surface area contributed by atoms with Crippen molar-refractivity contribution in [3.8, 4) is 5.75 Å².